The first kappa shape index (κ1) is 15.4. The zero-order valence-electron chi connectivity index (χ0n) is 11.6. The van der Waals surface area contributed by atoms with Crippen LogP contribution in [0.3, 0.4) is 0 Å². The highest BCUT2D eigenvalue weighted by molar-refractivity contribution is 7.79. The van der Waals surface area contributed by atoms with E-state index < -0.39 is 17.0 Å². The lowest BCUT2D eigenvalue weighted by Gasteiger charge is -2.20. The Labute approximate surface area is 126 Å². The highest BCUT2D eigenvalue weighted by Crippen LogP contribution is 2.22. The van der Waals surface area contributed by atoms with Gasteiger partial charge in [0.15, 0.2) is 0 Å². The summed E-state index contributed by atoms with van der Waals surface area (Å²) in [5.41, 5.74) is 2.28. The molecule has 1 amide bonds. The summed E-state index contributed by atoms with van der Waals surface area (Å²) in [7, 11) is 0. The first-order valence-corrected chi connectivity index (χ1v) is 7.79. The van der Waals surface area contributed by atoms with Crippen molar-refractivity contribution in [1.82, 2.24) is 0 Å². The summed E-state index contributed by atoms with van der Waals surface area (Å²) in [5, 5.41) is 2.76. The predicted octanol–water partition coefficient (Wildman–Crippen LogP) is 2.60. The molecule has 0 aliphatic heterocycles. The summed E-state index contributed by atoms with van der Waals surface area (Å²) in [4.78, 5) is 12.4. The minimum absolute atomic E-state index is 0.233. The van der Waals surface area contributed by atoms with Gasteiger partial charge >= 0.3 is 0 Å². The summed E-state index contributed by atoms with van der Waals surface area (Å²) >= 11 is -2.29. The average molecular weight is 302 g/mol. The molecule has 2 aromatic carbocycles. The Morgan fingerprint density at radius 1 is 1.14 bits per heavy atom. The lowest BCUT2D eigenvalue weighted by Crippen LogP contribution is -2.26. The van der Waals surface area contributed by atoms with Crippen LogP contribution < -0.4 is 5.32 Å². The van der Waals surface area contributed by atoms with E-state index in [1.54, 1.807) is 24.3 Å². The first-order valence-electron chi connectivity index (χ1n) is 6.55. The second-order valence-electron chi connectivity index (χ2n) is 4.73. The van der Waals surface area contributed by atoms with Gasteiger partial charge in [-0.05, 0) is 30.2 Å². The smallest absolute Gasteiger partial charge is 0.232 e. The predicted molar refractivity (Wildman–Crippen MR) is 82.8 cm³/mol. The van der Waals surface area contributed by atoms with Gasteiger partial charge in [-0.1, -0.05) is 53.5 Å². The molecule has 0 saturated carbocycles. The number of nitrogens with one attached hydrogen (secondary N) is 1. The molecule has 0 radical (unpaired) electrons. The number of aryl methyl sites for hydroxylation is 1. The van der Waals surface area contributed by atoms with Crippen molar-refractivity contribution in [1.29, 1.82) is 0 Å². The zero-order valence-corrected chi connectivity index (χ0v) is 12.4. The minimum atomic E-state index is -2.29. The van der Waals surface area contributed by atoms with Crippen molar-refractivity contribution in [2.24, 2.45) is 0 Å². The Hall–Kier alpha value is -1.98. The fourth-order valence-electron chi connectivity index (χ4n) is 2.17. The Balaban J connectivity index is 2.26. The van der Waals surface area contributed by atoms with Gasteiger partial charge in [0.1, 0.15) is 0 Å². The standard InChI is InChI=1S/C16H17NO3S/c1-12-7-5-6-10-14(12)15(11-21(19)20)16(18)17-13-8-3-2-4-9-13/h2-10,15H,11H2,1H3,(H,17,18)(H,19,20)/p-1. The van der Waals surface area contributed by atoms with Crippen molar-refractivity contribution >= 4 is 22.7 Å². The molecule has 0 aliphatic rings. The number of benzene rings is 2. The molecule has 2 unspecified atom stereocenters. The number of hydrogen-bond acceptors (Lipinski definition) is 3. The summed E-state index contributed by atoms with van der Waals surface area (Å²) in [6.45, 7) is 1.87. The van der Waals surface area contributed by atoms with Crippen molar-refractivity contribution in [3.05, 3.63) is 65.7 Å². The van der Waals surface area contributed by atoms with Crippen LogP contribution in [-0.4, -0.2) is 20.4 Å². The van der Waals surface area contributed by atoms with Gasteiger partial charge in [0, 0.05) is 11.4 Å². The van der Waals surface area contributed by atoms with E-state index in [2.05, 4.69) is 5.32 Å². The van der Waals surface area contributed by atoms with Crippen LogP contribution in [0, 0.1) is 6.92 Å². The molecule has 0 aromatic heterocycles. The second kappa shape index (κ2) is 7.15. The van der Waals surface area contributed by atoms with Crippen LogP contribution in [0.25, 0.3) is 0 Å². The molecule has 0 bridgehead atoms. The van der Waals surface area contributed by atoms with Crippen LogP contribution in [0.2, 0.25) is 0 Å². The minimum Gasteiger partial charge on any atom is -0.772 e. The zero-order chi connectivity index (χ0) is 15.2. The number of carbonyl (C=O) groups excluding carboxylic acids is 1. The molecule has 2 atom stereocenters. The van der Waals surface area contributed by atoms with E-state index in [4.69, 9.17) is 0 Å². The third kappa shape index (κ3) is 4.24. The highest BCUT2D eigenvalue weighted by atomic mass is 32.2. The van der Waals surface area contributed by atoms with Crippen LogP contribution in [0.4, 0.5) is 5.69 Å². The molecule has 110 valence electrons. The van der Waals surface area contributed by atoms with Crippen molar-refractivity contribution in [3.8, 4) is 0 Å². The third-order valence-electron chi connectivity index (χ3n) is 3.22. The molecule has 2 rings (SSSR count). The summed E-state index contributed by atoms with van der Waals surface area (Å²) in [6, 6.07) is 16.3. The molecule has 21 heavy (non-hydrogen) atoms. The van der Waals surface area contributed by atoms with Gasteiger partial charge in [0.25, 0.3) is 0 Å². The maximum Gasteiger partial charge on any atom is 0.232 e. The van der Waals surface area contributed by atoms with Crippen molar-refractivity contribution in [2.45, 2.75) is 12.8 Å². The van der Waals surface area contributed by atoms with Crippen molar-refractivity contribution in [2.75, 3.05) is 11.1 Å². The SMILES string of the molecule is Cc1ccccc1C(CS(=O)[O-])C(=O)Nc1ccccc1. The van der Waals surface area contributed by atoms with E-state index in [0.29, 0.717) is 5.69 Å². The van der Waals surface area contributed by atoms with Crippen LogP contribution in [0.15, 0.2) is 54.6 Å². The van der Waals surface area contributed by atoms with Gasteiger partial charge in [0.05, 0.1) is 5.92 Å². The van der Waals surface area contributed by atoms with E-state index >= 15 is 0 Å². The molecular weight excluding hydrogens is 286 g/mol. The molecule has 5 heteroatoms. The largest absolute Gasteiger partial charge is 0.772 e. The molecule has 0 heterocycles. The monoisotopic (exact) mass is 302 g/mol. The fraction of sp³-hybridized carbons (Fsp3) is 0.188. The van der Waals surface area contributed by atoms with Gasteiger partial charge in [-0.15, -0.1) is 0 Å². The maximum atomic E-state index is 12.4. The third-order valence-corrected chi connectivity index (χ3v) is 3.83. The average Bonchev–Trinajstić information content (AvgIpc) is 2.46. The topological polar surface area (TPSA) is 69.2 Å². The number of anilines is 1. The molecular formula is C16H16NO3S-. The van der Waals surface area contributed by atoms with Gasteiger partial charge in [-0.3, -0.25) is 9.00 Å². The number of hydrogen-bond donors (Lipinski definition) is 1. The van der Waals surface area contributed by atoms with Gasteiger partial charge in [-0.25, -0.2) is 0 Å². The first-order chi connectivity index (χ1) is 10.1. The molecule has 2 aromatic rings. The van der Waals surface area contributed by atoms with Gasteiger partial charge in [-0.2, -0.15) is 0 Å². The lowest BCUT2D eigenvalue weighted by molar-refractivity contribution is -0.117. The summed E-state index contributed by atoms with van der Waals surface area (Å²) < 4.78 is 22.1. The van der Waals surface area contributed by atoms with E-state index in [-0.39, 0.29) is 11.7 Å². The van der Waals surface area contributed by atoms with Crippen molar-refractivity contribution < 1.29 is 13.6 Å². The molecule has 0 saturated heterocycles. The Morgan fingerprint density at radius 3 is 2.38 bits per heavy atom. The molecule has 0 aliphatic carbocycles. The number of rotatable bonds is 5. The van der Waals surface area contributed by atoms with E-state index in [0.717, 1.165) is 11.1 Å². The molecule has 4 nitrogen and oxygen atoms in total. The van der Waals surface area contributed by atoms with Gasteiger partial charge in [0.2, 0.25) is 5.91 Å². The van der Waals surface area contributed by atoms with Crippen LogP contribution >= 0.6 is 0 Å². The summed E-state index contributed by atoms with van der Waals surface area (Å²) in [6.07, 6.45) is 0. The quantitative estimate of drug-likeness (QED) is 0.863. The lowest BCUT2D eigenvalue weighted by atomic mass is 9.95. The number of para-hydroxylation sites is 1. The van der Waals surface area contributed by atoms with Gasteiger partial charge < -0.3 is 9.87 Å². The highest BCUT2D eigenvalue weighted by Gasteiger charge is 2.22. The Kier molecular flexibility index (Phi) is 5.25. The normalized spacial score (nSPS) is 13.4. The maximum absolute atomic E-state index is 12.4. The Bertz CT molecular complexity index is 643. The second-order valence-corrected chi connectivity index (χ2v) is 5.68. The molecule has 1 N–H and O–H groups in total. The van der Waals surface area contributed by atoms with E-state index in [1.807, 2.05) is 37.3 Å². The van der Waals surface area contributed by atoms with Crippen molar-refractivity contribution in [3.63, 3.8) is 0 Å². The Morgan fingerprint density at radius 2 is 1.76 bits per heavy atom. The number of amides is 1. The fourth-order valence-corrected chi connectivity index (χ4v) is 2.77. The van der Waals surface area contributed by atoms with Crippen LogP contribution in [-0.2, 0) is 15.9 Å². The van der Waals surface area contributed by atoms with E-state index in [9.17, 15) is 13.6 Å². The summed E-state index contributed by atoms with van der Waals surface area (Å²) in [5.74, 6) is -1.27. The van der Waals surface area contributed by atoms with Crippen LogP contribution in [0.1, 0.15) is 17.0 Å². The molecule has 0 spiro atoms. The number of carbonyl (C=O) groups is 1. The molecule has 0 fully saturated rings. The van der Waals surface area contributed by atoms with Crippen LogP contribution in [0.5, 0.6) is 0 Å². The van der Waals surface area contributed by atoms with E-state index in [1.165, 1.54) is 0 Å².